The zero-order valence-electron chi connectivity index (χ0n) is 12.2. The van der Waals surface area contributed by atoms with Crippen LogP contribution in [0.15, 0.2) is 12.2 Å². The van der Waals surface area contributed by atoms with E-state index in [1.165, 1.54) is 0 Å². The largest absolute Gasteiger partial charge is 0.550 e. The molecule has 0 radical (unpaired) electrons. The van der Waals surface area contributed by atoms with Gasteiger partial charge in [0.05, 0.1) is 19.6 Å². The second-order valence-electron chi connectivity index (χ2n) is 4.23. The number of rotatable bonds is 6. The maximum atomic E-state index is 11.3. The molecule has 0 aliphatic carbocycles. The molecule has 0 aromatic carbocycles. The first-order valence-electron chi connectivity index (χ1n) is 6.21. The highest BCUT2D eigenvalue weighted by Crippen LogP contribution is 2.03. The molecule has 0 saturated heterocycles. The van der Waals surface area contributed by atoms with Gasteiger partial charge in [-0.15, -0.1) is 0 Å². The minimum absolute atomic E-state index is 0.0390. The summed E-state index contributed by atoms with van der Waals surface area (Å²) in [5, 5.41) is 11.8. The molecular weight excluding hydrogens is 232 g/mol. The van der Waals surface area contributed by atoms with Crippen molar-refractivity contribution in [2.24, 2.45) is 0 Å². The number of carbonyl (C=O) groups is 2. The summed E-state index contributed by atoms with van der Waals surface area (Å²) in [6, 6.07) is 0. The van der Waals surface area contributed by atoms with Crippen molar-refractivity contribution in [3.05, 3.63) is 12.2 Å². The fourth-order valence-corrected chi connectivity index (χ4v) is 1.40. The van der Waals surface area contributed by atoms with Crippen LogP contribution in [0.5, 0.6) is 0 Å². The van der Waals surface area contributed by atoms with Crippen LogP contribution in [0.2, 0.25) is 0 Å². The SMILES string of the molecule is C=C(C)C(=O)NC[N+](CC)(CC)CC.CC(=O)[O-]. The van der Waals surface area contributed by atoms with Crippen LogP contribution >= 0.6 is 0 Å². The highest BCUT2D eigenvalue weighted by Gasteiger charge is 2.20. The number of nitrogens with one attached hydrogen (secondary N) is 1. The summed E-state index contributed by atoms with van der Waals surface area (Å²) in [6.45, 7) is 16.6. The predicted octanol–water partition coefficient (Wildman–Crippen LogP) is 0.269. The Kier molecular flexibility index (Phi) is 10.2. The molecule has 0 unspecified atom stereocenters. The minimum atomic E-state index is -1.08. The molecule has 0 rings (SSSR count). The first-order chi connectivity index (χ1) is 8.24. The second-order valence-corrected chi connectivity index (χ2v) is 4.23. The Morgan fingerprint density at radius 3 is 1.67 bits per heavy atom. The molecule has 0 aromatic heterocycles. The van der Waals surface area contributed by atoms with Gasteiger partial charge < -0.3 is 19.7 Å². The van der Waals surface area contributed by atoms with Crippen LogP contribution in [0, 0.1) is 0 Å². The lowest BCUT2D eigenvalue weighted by atomic mass is 10.3. The van der Waals surface area contributed by atoms with Crippen LogP contribution in [-0.2, 0) is 9.59 Å². The van der Waals surface area contributed by atoms with Crippen LogP contribution < -0.4 is 10.4 Å². The van der Waals surface area contributed by atoms with Gasteiger partial charge in [-0.25, -0.2) is 0 Å². The molecular formula is C13H26N2O3. The number of aliphatic carboxylic acids is 1. The molecule has 0 aliphatic rings. The monoisotopic (exact) mass is 258 g/mol. The number of carboxylic acid groups (broad SMARTS) is 1. The molecule has 0 aliphatic heterocycles. The van der Waals surface area contributed by atoms with Crippen LogP contribution in [0.3, 0.4) is 0 Å². The fraction of sp³-hybridized carbons (Fsp3) is 0.692. The lowest BCUT2D eigenvalue weighted by molar-refractivity contribution is -0.924. The van der Waals surface area contributed by atoms with Gasteiger partial charge in [0, 0.05) is 11.5 Å². The zero-order valence-corrected chi connectivity index (χ0v) is 12.2. The van der Waals surface area contributed by atoms with E-state index in [1.54, 1.807) is 6.92 Å². The third kappa shape index (κ3) is 8.75. The van der Waals surface area contributed by atoms with Crippen molar-refractivity contribution in [1.29, 1.82) is 0 Å². The number of hydrogen-bond acceptors (Lipinski definition) is 3. The first-order valence-corrected chi connectivity index (χ1v) is 6.21. The molecule has 5 heteroatoms. The topological polar surface area (TPSA) is 69.2 Å². The number of quaternary nitrogens is 1. The van der Waals surface area contributed by atoms with Crippen LogP contribution in [-0.4, -0.2) is 42.7 Å². The van der Waals surface area contributed by atoms with Crippen LogP contribution in [0.25, 0.3) is 0 Å². The summed E-state index contributed by atoms with van der Waals surface area (Å²) in [5.74, 6) is -1.12. The quantitative estimate of drug-likeness (QED) is 0.422. The van der Waals surface area contributed by atoms with E-state index in [0.717, 1.165) is 31.0 Å². The molecule has 0 aromatic rings. The van der Waals surface area contributed by atoms with E-state index in [4.69, 9.17) is 9.90 Å². The number of amides is 1. The molecule has 18 heavy (non-hydrogen) atoms. The first kappa shape index (κ1) is 19.0. The summed E-state index contributed by atoms with van der Waals surface area (Å²) < 4.78 is 0.930. The standard InChI is InChI=1S/C11H22N2O.C2H4O2/c1-6-13(7-2,8-3)9-12-11(14)10(4)5;1-2(3)4/h4,6-9H2,1-3,5H3;1H3,(H,3,4). The van der Waals surface area contributed by atoms with Crippen molar-refractivity contribution in [3.63, 3.8) is 0 Å². The van der Waals surface area contributed by atoms with Crippen molar-refractivity contribution in [3.8, 4) is 0 Å². The molecule has 5 nitrogen and oxygen atoms in total. The molecule has 0 heterocycles. The molecule has 0 bridgehead atoms. The van der Waals surface area contributed by atoms with Gasteiger partial charge in [-0.3, -0.25) is 4.79 Å². The van der Waals surface area contributed by atoms with E-state index in [-0.39, 0.29) is 5.91 Å². The lowest BCUT2D eigenvalue weighted by Crippen LogP contribution is -2.54. The molecule has 106 valence electrons. The fourth-order valence-electron chi connectivity index (χ4n) is 1.40. The Morgan fingerprint density at radius 1 is 1.11 bits per heavy atom. The Bertz CT molecular complexity index is 272. The highest BCUT2D eigenvalue weighted by molar-refractivity contribution is 5.91. The summed E-state index contributed by atoms with van der Waals surface area (Å²) in [5.41, 5.74) is 0.575. The number of nitrogens with zero attached hydrogens (tertiary/aromatic N) is 1. The third-order valence-electron chi connectivity index (χ3n) is 2.98. The van der Waals surface area contributed by atoms with Gasteiger partial charge in [0.15, 0.2) is 6.67 Å². The van der Waals surface area contributed by atoms with Gasteiger partial charge in [-0.1, -0.05) is 6.58 Å². The van der Waals surface area contributed by atoms with E-state index in [0.29, 0.717) is 12.2 Å². The zero-order chi connectivity index (χ0) is 14.8. The van der Waals surface area contributed by atoms with Gasteiger partial charge in [-0.2, -0.15) is 0 Å². The Labute approximate surface area is 110 Å². The summed E-state index contributed by atoms with van der Waals surface area (Å²) in [6.07, 6.45) is 0. The molecule has 0 atom stereocenters. The van der Waals surface area contributed by atoms with Crippen LogP contribution in [0.1, 0.15) is 34.6 Å². The average molecular weight is 258 g/mol. The Morgan fingerprint density at radius 2 is 1.44 bits per heavy atom. The molecule has 0 fully saturated rings. The maximum absolute atomic E-state index is 11.3. The van der Waals surface area contributed by atoms with E-state index in [9.17, 15) is 4.79 Å². The maximum Gasteiger partial charge on any atom is 0.250 e. The van der Waals surface area contributed by atoms with Crippen molar-refractivity contribution in [2.45, 2.75) is 34.6 Å². The second kappa shape index (κ2) is 9.65. The van der Waals surface area contributed by atoms with Gasteiger partial charge in [0.25, 0.3) is 5.91 Å². The van der Waals surface area contributed by atoms with Gasteiger partial charge in [-0.05, 0) is 34.6 Å². The van der Waals surface area contributed by atoms with E-state index >= 15 is 0 Å². The summed E-state index contributed by atoms with van der Waals surface area (Å²) >= 11 is 0. The summed E-state index contributed by atoms with van der Waals surface area (Å²) in [4.78, 5) is 20.2. The van der Waals surface area contributed by atoms with Crippen LogP contribution in [0.4, 0.5) is 0 Å². The van der Waals surface area contributed by atoms with Crippen molar-refractivity contribution < 1.29 is 19.2 Å². The summed E-state index contributed by atoms with van der Waals surface area (Å²) in [7, 11) is 0. The average Bonchev–Trinajstić information content (AvgIpc) is 2.30. The third-order valence-corrected chi connectivity index (χ3v) is 2.98. The lowest BCUT2D eigenvalue weighted by Gasteiger charge is -2.35. The smallest absolute Gasteiger partial charge is 0.250 e. The molecule has 1 N–H and O–H groups in total. The normalized spacial score (nSPS) is 10.1. The van der Waals surface area contributed by atoms with Crippen molar-refractivity contribution in [1.82, 2.24) is 5.32 Å². The van der Waals surface area contributed by atoms with Gasteiger partial charge in [0.2, 0.25) is 0 Å². The molecule has 0 spiro atoms. The van der Waals surface area contributed by atoms with E-state index in [1.807, 2.05) is 0 Å². The van der Waals surface area contributed by atoms with E-state index < -0.39 is 5.97 Å². The Balaban J connectivity index is 0. The van der Waals surface area contributed by atoms with Crippen molar-refractivity contribution >= 4 is 11.9 Å². The van der Waals surface area contributed by atoms with Gasteiger partial charge in [0.1, 0.15) is 0 Å². The minimum Gasteiger partial charge on any atom is -0.550 e. The van der Waals surface area contributed by atoms with E-state index in [2.05, 4.69) is 32.7 Å². The Hall–Kier alpha value is -1.36. The molecule has 1 amide bonds. The number of carboxylic acids is 1. The number of carbonyl (C=O) groups excluding carboxylic acids is 2. The van der Waals surface area contributed by atoms with Gasteiger partial charge >= 0.3 is 0 Å². The molecule has 0 saturated carbocycles. The highest BCUT2D eigenvalue weighted by atomic mass is 16.4. The predicted molar refractivity (Wildman–Crippen MR) is 70.4 cm³/mol. The number of hydrogen-bond donors (Lipinski definition) is 1. The van der Waals surface area contributed by atoms with Crippen molar-refractivity contribution in [2.75, 3.05) is 26.3 Å².